The Morgan fingerprint density at radius 1 is 1.08 bits per heavy atom. The summed E-state index contributed by atoms with van der Waals surface area (Å²) in [6, 6.07) is 16.1. The lowest BCUT2D eigenvalue weighted by molar-refractivity contribution is -0.123. The summed E-state index contributed by atoms with van der Waals surface area (Å²) in [5.74, 6) is 1.55. The predicted molar refractivity (Wildman–Crippen MR) is 89.8 cm³/mol. The summed E-state index contributed by atoms with van der Waals surface area (Å²) in [5, 5.41) is 6.43. The van der Waals surface area contributed by atoms with E-state index in [4.69, 9.17) is 9.47 Å². The highest BCUT2D eigenvalue weighted by atomic mass is 16.7. The fourth-order valence-electron chi connectivity index (χ4n) is 3.26. The number of fused-ring (bicyclic) bond motifs is 1. The first-order valence-corrected chi connectivity index (χ1v) is 8.27. The van der Waals surface area contributed by atoms with Crippen molar-refractivity contribution in [1.29, 1.82) is 0 Å². The van der Waals surface area contributed by atoms with E-state index in [0.717, 1.165) is 29.9 Å². The summed E-state index contributed by atoms with van der Waals surface area (Å²) >= 11 is 0. The third kappa shape index (κ3) is 3.08. The van der Waals surface area contributed by atoms with Crippen LogP contribution in [0.1, 0.15) is 30.0 Å². The van der Waals surface area contributed by atoms with E-state index in [2.05, 4.69) is 22.8 Å². The molecule has 5 nitrogen and oxygen atoms in total. The highest BCUT2D eigenvalue weighted by molar-refractivity contribution is 5.82. The monoisotopic (exact) mass is 324 g/mol. The van der Waals surface area contributed by atoms with Gasteiger partial charge in [-0.15, -0.1) is 0 Å². The number of carbonyl (C=O) groups excluding carboxylic acids is 1. The standard InChI is InChI=1S/C19H20N2O3/c22-19(16-8-7-15(21-16)14-4-2-1-3-5-14)20-11-13-6-9-17-18(10-13)24-12-23-17/h1-6,9-10,15-16,21H,7-8,11-12H2,(H,20,22)/t15-,16-/m1/s1. The minimum Gasteiger partial charge on any atom is -0.454 e. The molecule has 24 heavy (non-hydrogen) atoms. The minimum atomic E-state index is -0.135. The van der Waals surface area contributed by atoms with Gasteiger partial charge in [-0.2, -0.15) is 0 Å². The van der Waals surface area contributed by atoms with Gasteiger partial charge in [0.1, 0.15) is 0 Å². The Labute approximate surface area is 141 Å². The summed E-state index contributed by atoms with van der Waals surface area (Å²) in [7, 11) is 0. The zero-order chi connectivity index (χ0) is 16.4. The first kappa shape index (κ1) is 15.0. The van der Waals surface area contributed by atoms with Gasteiger partial charge in [-0.25, -0.2) is 0 Å². The number of ether oxygens (including phenoxy) is 2. The molecule has 2 heterocycles. The van der Waals surface area contributed by atoms with Crippen LogP contribution in [-0.4, -0.2) is 18.7 Å². The van der Waals surface area contributed by atoms with Crippen molar-refractivity contribution in [3.63, 3.8) is 0 Å². The maximum absolute atomic E-state index is 12.4. The first-order chi connectivity index (χ1) is 11.8. The maximum Gasteiger partial charge on any atom is 0.237 e. The van der Waals surface area contributed by atoms with Gasteiger partial charge in [-0.05, 0) is 36.1 Å². The molecule has 5 heteroatoms. The molecular formula is C19H20N2O3. The normalized spacial score (nSPS) is 21.7. The third-order valence-electron chi connectivity index (χ3n) is 4.57. The molecule has 2 aliphatic rings. The topological polar surface area (TPSA) is 59.6 Å². The molecule has 0 aliphatic carbocycles. The van der Waals surface area contributed by atoms with Gasteiger partial charge in [0.25, 0.3) is 0 Å². The quantitative estimate of drug-likeness (QED) is 0.907. The SMILES string of the molecule is O=C(NCc1ccc2c(c1)OCO2)[C@H]1CC[C@H](c2ccccc2)N1. The number of hydrogen-bond acceptors (Lipinski definition) is 4. The van der Waals surface area contributed by atoms with Crippen molar-refractivity contribution in [3.8, 4) is 11.5 Å². The Morgan fingerprint density at radius 3 is 2.79 bits per heavy atom. The number of nitrogens with one attached hydrogen (secondary N) is 2. The van der Waals surface area contributed by atoms with Crippen LogP contribution in [0.5, 0.6) is 11.5 Å². The van der Waals surface area contributed by atoms with E-state index >= 15 is 0 Å². The Hall–Kier alpha value is -2.53. The number of benzene rings is 2. The van der Waals surface area contributed by atoms with E-state index in [1.54, 1.807) is 0 Å². The average Bonchev–Trinajstić information content (AvgIpc) is 3.29. The minimum absolute atomic E-state index is 0.0473. The summed E-state index contributed by atoms with van der Waals surface area (Å²) in [6.07, 6.45) is 1.83. The zero-order valence-corrected chi connectivity index (χ0v) is 13.3. The molecule has 1 saturated heterocycles. The fourth-order valence-corrected chi connectivity index (χ4v) is 3.26. The Morgan fingerprint density at radius 2 is 1.92 bits per heavy atom. The summed E-state index contributed by atoms with van der Waals surface area (Å²) in [6.45, 7) is 0.752. The van der Waals surface area contributed by atoms with E-state index in [-0.39, 0.29) is 24.8 Å². The van der Waals surface area contributed by atoms with Crippen LogP contribution in [-0.2, 0) is 11.3 Å². The highest BCUT2D eigenvalue weighted by Crippen LogP contribution is 2.32. The zero-order valence-electron chi connectivity index (χ0n) is 13.3. The average molecular weight is 324 g/mol. The van der Waals surface area contributed by atoms with Crippen molar-refractivity contribution in [2.75, 3.05) is 6.79 Å². The molecule has 0 unspecified atom stereocenters. The molecule has 2 N–H and O–H groups in total. The Balaban J connectivity index is 1.32. The second-order valence-electron chi connectivity index (χ2n) is 6.17. The first-order valence-electron chi connectivity index (χ1n) is 8.27. The van der Waals surface area contributed by atoms with Gasteiger partial charge in [0.05, 0.1) is 6.04 Å². The molecule has 2 aromatic rings. The Kier molecular flexibility index (Phi) is 4.09. The number of rotatable bonds is 4. The van der Waals surface area contributed by atoms with Crippen LogP contribution < -0.4 is 20.1 Å². The van der Waals surface area contributed by atoms with Gasteiger partial charge in [-0.1, -0.05) is 36.4 Å². The number of carbonyl (C=O) groups is 1. The van der Waals surface area contributed by atoms with E-state index < -0.39 is 0 Å². The second kappa shape index (κ2) is 6.53. The lowest BCUT2D eigenvalue weighted by Gasteiger charge is -2.15. The van der Waals surface area contributed by atoms with Gasteiger partial charge < -0.3 is 14.8 Å². The summed E-state index contributed by atoms with van der Waals surface area (Å²) in [4.78, 5) is 12.4. The molecule has 2 aromatic carbocycles. The van der Waals surface area contributed by atoms with Crippen LogP contribution in [0.2, 0.25) is 0 Å². The van der Waals surface area contributed by atoms with E-state index in [1.807, 2.05) is 36.4 Å². The molecule has 1 amide bonds. The molecule has 1 fully saturated rings. The van der Waals surface area contributed by atoms with Crippen molar-refractivity contribution < 1.29 is 14.3 Å². The van der Waals surface area contributed by atoms with E-state index in [9.17, 15) is 4.79 Å². The van der Waals surface area contributed by atoms with Crippen LogP contribution in [0.15, 0.2) is 48.5 Å². The number of hydrogen-bond donors (Lipinski definition) is 2. The molecule has 124 valence electrons. The maximum atomic E-state index is 12.4. The van der Waals surface area contributed by atoms with E-state index in [0.29, 0.717) is 6.54 Å². The smallest absolute Gasteiger partial charge is 0.237 e. The summed E-state index contributed by atoms with van der Waals surface area (Å²) in [5.41, 5.74) is 2.24. The molecule has 0 spiro atoms. The largest absolute Gasteiger partial charge is 0.454 e. The van der Waals surface area contributed by atoms with Gasteiger partial charge in [0, 0.05) is 12.6 Å². The van der Waals surface area contributed by atoms with Crippen molar-refractivity contribution in [1.82, 2.24) is 10.6 Å². The van der Waals surface area contributed by atoms with Crippen molar-refractivity contribution in [2.24, 2.45) is 0 Å². The van der Waals surface area contributed by atoms with Gasteiger partial charge in [0.15, 0.2) is 11.5 Å². The molecular weight excluding hydrogens is 304 g/mol. The molecule has 2 aliphatic heterocycles. The van der Waals surface area contributed by atoms with Crippen LogP contribution in [0.25, 0.3) is 0 Å². The highest BCUT2D eigenvalue weighted by Gasteiger charge is 2.29. The van der Waals surface area contributed by atoms with Crippen LogP contribution >= 0.6 is 0 Å². The fraction of sp³-hybridized carbons (Fsp3) is 0.316. The molecule has 0 aromatic heterocycles. The molecule has 0 bridgehead atoms. The molecule has 2 atom stereocenters. The lowest BCUT2D eigenvalue weighted by Crippen LogP contribution is -2.40. The lowest BCUT2D eigenvalue weighted by atomic mass is 10.1. The van der Waals surface area contributed by atoms with Gasteiger partial charge in [0.2, 0.25) is 12.7 Å². The van der Waals surface area contributed by atoms with Crippen molar-refractivity contribution in [2.45, 2.75) is 31.5 Å². The third-order valence-corrected chi connectivity index (χ3v) is 4.57. The summed E-state index contributed by atoms with van der Waals surface area (Å²) < 4.78 is 10.7. The van der Waals surface area contributed by atoms with Gasteiger partial charge in [-0.3, -0.25) is 10.1 Å². The van der Waals surface area contributed by atoms with E-state index in [1.165, 1.54) is 5.56 Å². The van der Waals surface area contributed by atoms with Crippen LogP contribution in [0.4, 0.5) is 0 Å². The second-order valence-corrected chi connectivity index (χ2v) is 6.17. The van der Waals surface area contributed by atoms with Gasteiger partial charge >= 0.3 is 0 Å². The van der Waals surface area contributed by atoms with Crippen molar-refractivity contribution in [3.05, 3.63) is 59.7 Å². The number of amides is 1. The van der Waals surface area contributed by atoms with Crippen LogP contribution in [0, 0.1) is 0 Å². The van der Waals surface area contributed by atoms with Crippen LogP contribution in [0.3, 0.4) is 0 Å². The Bertz CT molecular complexity index is 733. The molecule has 0 radical (unpaired) electrons. The predicted octanol–water partition coefficient (Wildman–Crippen LogP) is 2.52. The molecule has 4 rings (SSSR count). The van der Waals surface area contributed by atoms with Crippen molar-refractivity contribution >= 4 is 5.91 Å². The molecule has 0 saturated carbocycles.